The Morgan fingerprint density at radius 2 is 1.92 bits per heavy atom. The van der Waals surface area contributed by atoms with Gasteiger partial charge in [-0.1, -0.05) is 44.9 Å². The lowest BCUT2D eigenvalue weighted by Crippen LogP contribution is -2.22. The largest absolute Gasteiger partial charge is 0.307 e. The Bertz CT molecular complexity index is 123. The molecule has 1 heteroatoms. The lowest BCUT2D eigenvalue weighted by Gasteiger charge is -2.07. The molecule has 0 saturated heterocycles. The summed E-state index contributed by atoms with van der Waals surface area (Å²) in [7, 11) is 1.93. The van der Waals surface area contributed by atoms with E-state index in [1.54, 1.807) is 0 Å². The monoisotopic (exact) mass is 167 g/mol. The predicted molar refractivity (Wildman–Crippen MR) is 55.1 cm³/mol. The van der Waals surface area contributed by atoms with Gasteiger partial charge in [-0.2, -0.15) is 0 Å². The number of hydrogen-bond donors (Lipinski definition) is 1. The van der Waals surface area contributed by atoms with Crippen LogP contribution in [0.2, 0.25) is 0 Å². The third-order valence-corrected chi connectivity index (χ3v) is 2.15. The van der Waals surface area contributed by atoms with E-state index in [1.165, 1.54) is 32.1 Å². The fourth-order valence-electron chi connectivity index (χ4n) is 1.26. The molecular formula is C11H21N. The summed E-state index contributed by atoms with van der Waals surface area (Å²) in [6, 6.07) is 0.284. The van der Waals surface area contributed by atoms with Crippen molar-refractivity contribution in [2.75, 3.05) is 7.05 Å². The normalized spacial score (nSPS) is 12.4. The van der Waals surface area contributed by atoms with Gasteiger partial charge < -0.3 is 5.32 Å². The Kier molecular flexibility index (Phi) is 8.27. The van der Waals surface area contributed by atoms with Gasteiger partial charge in [-0.05, 0) is 13.5 Å². The third kappa shape index (κ3) is 6.24. The molecule has 0 amide bonds. The molecule has 0 saturated carbocycles. The second-order valence-corrected chi connectivity index (χ2v) is 3.21. The van der Waals surface area contributed by atoms with Crippen LogP contribution in [0.25, 0.3) is 0 Å². The average Bonchev–Trinajstić information content (AvgIpc) is 2.11. The number of hydrogen-bond acceptors (Lipinski definition) is 1. The van der Waals surface area contributed by atoms with Gasteiger partial charge in [-0.3, -0.25) is 0 Å². The van der Waals surface area contributed by atoms with Crippen LogP contribution in [-0.2, 0) is 0 Å². The maximum Gasteiger partial charge on any atom is 0.0684 e. The van der Waals surface area contributed by atoms with Crippen molar-refractivity contribution in [1.82, 2.24) is 5.32 Å². The van der Waals surface area contributed by atoms with Crippen molar-refractivity contribution in [3.8, 4) is 12.3 Å². The Morgan fingerprint density at radius 1 is 1.25 bits per heavy atom. The smallest absolute Gasteiger partial charge is 0.0684 e. The molecule has 0 bridgehead atoms. The summed E-state index contributed by atoms with van der Waals surface area (Å²) < 4.78 is 0. The van der Waals surface area contributed by atoms with Crippen molar-refractivity contribution in [3.63, 3.8) is 0 Å². The van der Waals surface area contributed by atoms with Gasteiger partial charge in [0.25, 0.3) is 0 Å². The van der Waals surface area contributed by atoms with Crippen LogP contribution in [0.4, 0.5) is 0 Å². The van der Waals surface area contributed by atoms with Crippen LogP contribution in [0.15, 0.2) is 0 Å². The van der Waals surface area contributed by atoms with Crippen molar-refractivity contribution in [2.45, 2.75) is 51.5 Å². The molecule has 0 heterocycles. The second kappa shape index (κ2) is 8.62. The van der Waals surface area contributed by atoms with Crippen molar-refractivity contribution >= 4 is 0 Å². The lowest BCUT2D eigenvalue weighted by molar-refractivity contribution is 0.552. The zero-order valence-corrected chi connectivity index (χ0v) is 8.40. The average molecular weight is 167 g/mol. The third-order valence-electron chi connectivity index (χ3n) is 2.15. The fraction of sp³-hybridized carbons (Fsp3) is 0.818. The summed E-state index contributed by atoms with van der Waals surface area (Å²) in [4.78, 5) is 0. The van der Waals surface area contributed by atoms with E-state index in [9.17, 15) is 0 Å². The minimum atomic E-state index is 0.284. The SMILES string of the molecule is C#C[C@@H](CCCCCCC)NC. The van der Waals surface area contributed by atoms with E-state index < -0.39 is 0 Å². The van der Waals surface area contributed by atoms with Gasteiger partial charge in [0.15, 0.2) is 0 Å². The summed E-state index contributed by atoms with van der Waals surface area (Å²) in [5.74, 6) is 2.73. The molecule has 1 N–H and O–H groups in total. The van der Waals surface area contributed by atoms with Crippen LogP contribution in [0.1, 0.15) is 45.4 Å². The molecule has 0 aliphatic heterocycles. The second-order valence-electron chi connectivity index (χ2n) is 3.21. The highest BCUT2D eigenvalue weighted by molar-refractivity contribution is 4.97. The van der Waals surface area contributed by atoms with Gasteiger partial charge in [-0.25, -0.2) is 0 Å². The summed E-state index contributed by atoms with van der Waals surface area (Å²) in [5, 5.41) is 3.11. The first-order valence-electron chi connectivity index (χ1n) is 4.98. The molecule has 0 aromatic heterocycles. The highest BCUT2D eigenvalue weighted by Crippen LogP contribution is 2.06. The van der Waals surface area contributed by atoms with Crippen LogP contribution >= 0.6 is 0 Å². The molecule has 70 valence electrons. The van der Waals surface area contributed by atoms with Gasteiger partial charge in [-0.15, -0.1) is 6.42 Å². The molecule has 1 atom stereocenters. The molecule has 0 rings (SSSR count). The molecular weight excluding hydrogens is 146 g/mol. The first-order chi connectivity index (χ1) is 5.85. The lowest BCUT2D eigenvalue weighted by atomic mass is 10.1. The molecule has 0 spiro atoms. The molecule has 1 nitrogen and oxygen atoms in total. The van der Waals surface area contributed by atoms with Crippen LogP contribution < -0.4 is 5.32 Å². The fourth-order valence-corrected chi connectivity index (χ4v) is 1.26. The van der Waals surface area contributed by atoms with E-state index >= 15 is 0 Å². The first-order valence-corrected chi connectivity index (χ1v) is 4.98. The molecule has 0 aliphatic carbocycles. The van der Waals surface area contributed by atoms with E-state index in [2.05, 4.69) is 18.2 Å². The van der Waals surface area contributed by atoms with Crippen LogP contribution in [0.3, 0.4) is 0 Å². The molecule has 0 fully saturated rings. The first kappa shape index (κ1) is 11.5. The maximum absolute atomic E-state index is 5.31. The molecule has 0 aromatic rings. The minimum absolute atomic E-state index is 0.284. The van der Waals surface area contributed by atoms with E-state index in [1.807, 2.05) is 7.05 Å². The molecule has 12 heavy (non-hydrogen) atoms. The quantitative estimate of drug-likeness (QED) is 0.454. The summed E-state index contributed by atoms with van der Waals surface area (Å²) in [6.07, 6.45) is 13.1. The van der Waals surface area contributed by atoms with E-state index in [0.717, 1.165) is 6.42 Å². The molecule has 0 unspecified atom stereocenters. The van der Waals surface area contributed by atoms with E-state index in [4.69, 9.17) is 6.42 Å². The molecule has 0 aromatic carbocycles. The van der Waals surface area contributed by atoms with Crippen LogP contribution in [-0.4, -0.2) is 13.1 Å². The Hall–Kier alpha value is -0.480. The van der Waals surface area contributed by atoms with Gasteiger partial charge in [0.1, 0.15) is 0 Å². The van der Waals surface area contributed by atoms with Crippen molar-refractivity contribution in [2.24, 2.45) is 0 Å². The van der Waals surface area contributed by atoms with E-state index in [-0.39, 0.29) is 6.04 Å². The highest BCUT2D eigenvalue weighted by Gasteiger charge is 1.99. The zero-order valence-electron chi connectivity index (χ0n) is 8.40. The number of unbranched alkanes of at least 4 members (excludes halogenated alkanes) is 4. The summed E-state index contributed by atoms with van der Waals surface area (Å²) in [6.45, 7) is 2.23. The van der Waals surface area contributed by atoms with E-state index in [0.29, 0.717) is 0 Å². The number of nitrogens with one attached hydrogen (secondary N) is 1. The Morgan fingerprint density at radius 3 is 2.42 bits per heavy atom. The highest BCUT2D eigenvalue weighted by atomic mass is 14.8. The van der Waals surface area contributed by atoms with Crippen LogP contribution in [0, 0.1) is 12.3 Å². The Labute approximate surface area is 76.9 Å². The molecule has 0 radical (unpaired) electrons. The van der Waals surface area contributed by atoms with Gasteiger partial charge in [0.05, 0.1) is 6.04 Å². The Balaban J connectivity index is 3.13. The van der Waals surface area contributed by atoms with Gasteiger partial charge in [0.2, 0.25) is 0 Å². The molecule has 0 aliphatic rings. The van der Waals surface area contributed by atoms with Gasteiger partial charge in [0, 0.05) is 0 Å². The summed E-state index contributed by atoms with van der Waals surface area (Å²) in [5.41, 5.74) is 0. The topological polar surface area (TPSA) is 12.0 Å². The predicted octanol–water partition coefficient (Wildman–Crippen LogP) is 2.57. The minimum Gasteiger partial charge on any atom is -0.307 e. The maximum atomic E-state index is 5.31. The van der Waals surface area contributed by atoms with Gasteiger partial charge >= 0.3 is 0 Å². The number of terminal acetylenes is 1. The number of rotatable bonds is 7. The summed E-state index contributed by atoms with van der Waals surface area (Å²) >= 11 is 0. The van der Waals surface area contributed by atoms with Crippen molar-refractivity contribution in [1.29, 1.82) is 0 Å². The van der Waals surface area contributed by atoms with Crippen LogP contribution in [0.5, 0.6) is 0 Å². The van der Waals surface area contributed by atoms with Crippen molar-refractivity contribution < 1.29 is 0 Å². The standard InChI is InChI=1S/C11H21N/c1-4-6-7-8-9-10-11(5-2)12-3/h2,11-12H,4,6-10H2,1,3H3/t11-/m0/s1. The zero-order chi connectivity index (χ0) is 9.23. The van der Waals surface area contributed by atoms with Crippen molar-refractivity contribution in [3.05, 3.63) is 0 Å².